The molecule has 25 heavy (non-hydrogen) atoms. The molecule has 0 aliphatic carbocycles. The van der Waals surface area contributed by atoms with E-state index in [-0.39, 0.29) is 24.6 Å². The molecule has 1 amide bonds. The van der Waals surface area contributed by atoms with E-state index in [1.807, 2.05) is 6.07 Å². The quantitative estimate of drug-likeness (QED) is 0.856. The first-order valence-electron chi connectivity index (χ1n) is 7.33. The summed E-state index contributed by atoms with van der Waals surface area (Å²) in [5, 5.41) is 11.4. The van der Waals surface area contributed by atoms with Crippen molar-refractivity contribution in [3.63, 3.8) is 0 Å². The van der Waals surface area contributed by atoms with Gasteiger partial charge in [-0.15, -0.1) is 0 Å². The standard InChI is InChI=1S/C17H16FN3O3S/c1-25(23,24)21(16-8-4-14(18)5-9-16)11-10-17(22)20-15-6-2-13(12-19)3-7-15/h2-9H,10-11H2,1H3,(H,20,22). The summed E-state index contributed by atoms with van der Waals surface area (Å²) in [6.45, 7) is -0.0768. The molecule has 8 heteroatoms. The van der Waals surface area contributed by atoms with Gasteiger partial charge in [0.15, 0.2) is 0 Å². The number of benzene rings is 2. The summed E-state index contributed by atoms with van der Waals surface area (Å²) >= 11 is 0. The van der Waals surface area contributed by atoms with Crippen LogP contribution in [0.15, 0.2) is 48.5 Å². The summed E-state index contributed by atoms with van der Waals surface area (Å²) < 4.78 is 37.9. The number of sulfonamides is 1. The molecule has 0 aliphatic rings. The minimum Gasteiger partial charge on any atom is -0.326 e. The molecule has 0 spiro atoms. The molecule has 0 radical (unpaired) electrons. The molecule has 0 heterocycles. The lowest BCUT2D eigenvalue weighted by Crippen LogP contribution is -2.33. The third-order valence-electron chi connectivity index (χ3n) is 3.35. The van der Waals surface area contributed by atoms with Crippen LogP contribution in [-0.4, -0.2) is 27.1 Å². The highest BCUT2D eigenvalue weighted by Crippen LogP contribution is 2.18. The van der Waals surface area contributed by atoms with Crippen LogP contribution in [-0.2, 0) is 14.8 Å². The van der Waals surface area contributed by atoms with Crippen LogP contribution in [0.3, 0.4) is 0 Å². The summed E-state index contributed by atoms with van der Waals surface area (Å²) in [6, 6.07) is 13.3. The minimum atomic E-state index is -3.61. The predicted octanol–water partition coefficient (Wildman–Crippen LogP) is 2.49. The van der Waals surface area contributed by atoms with Gasteiger partial charge in [0.05, 0.1) is 23.6 Å². The Morgan fingerprint density at radius 2 is 1.76 bits per heavy atom. The van der Waals surface area contributed by atoms with Gasteiger partial charge in [0.25, 0.3) is 0 Å². The zero-order chi connectivity index (χ0) is 18.4. The van der Waals surface area contributed by atoms with Gasteiger partial charge in [-0.2, -0.15) is 5.26 Å². The molecule has 0 saturated carbocycles. The average molecular weight is 361 g/mol. The van der Waals surface area contributed by atoms with Crippen molar-refractivity contribution in [1.82, 2.24) is 0 Å². The van der Waals surface area contributed by atoms with Crippen molar-refractivity contribution in [2.45, 2.75) is 6.42 Å². The SMILES string of the molecule is CS(=O)(=O)N(CCC(=O)Nc1ccc(C#N)cc1)c1ccc(F)cc1. The Kier molecular flexibility index (Phi) is 5.72. The number of amides is 1. The van der Waals surface area contributed by atoms with Crippen molar-refractivity contribution in [3.05, 3.63) is 59.9 Å². The van der Waals surface area contributed by atoms with Crippen LogP contribution in [0, 0.1) is 17.1 Å². The third-order valence-corrected chi connectivity index (χ3v) is 4.55. The lowest BCUT2D eigenvalue weighted by Gasteiger charge is -2.22. The van der Waals surface area contributed by atoms with Crippen LogP contribution in [0.2, 0.25) is 0 Å². The van der Waals surface area contributed by atoms with Gasteiger partial charge in [0.1, 0.15) is 5.82 Å². The molecule has 0 saturated heterocycles. The van der Waals surface area contributed by atoms with Gasteiger partial charge in [-0.25, -0.2) is 12.8 Å². The van der Waals surface area contributed by atoms with E-state index in [0.29, 0.717) is 11.3 Å². The van der Waals surface area contributed by atoms with Gasteiger partial charge in [-0.05, 0) is 48.5 Å². The number of anilines is 2. The summed E-state index contributed by atoms with van der Waals surface area (Å²) in [5.41, 5.74) is 1.27. The molecule has 6 nitrogen and oxygen atoms in total. The molecule has 2 rings (SSSR count). The van der Waals surface area contributed by atoms with E-state index < -0.39 is 15.8 Å². The van der Waals surface area contributed by atoms with Gasteiger partial charge in [-0.1, -0.05) is 0 Å². The number of nitrogens with zero attached hydrogens (tertiary/aromatic N) is 2. The Labute approximate surface area is 145 Å². The van der Waals surface area contributed by atoms with Crippen LogP contribution < -0.4 is 9.62 Å². The highest BCUT2D eigenvalue weighted by atomic mass is 32.2. The fourth-order valence-electron chi connectivity index (χ4n) is 2.15. The number of carbonyl (C=O) groups excluding carboxylic acids is 1. The number of nitrogens with one attached hydrogen (secondary N) is 1. The summed E-state index contributed by atoms with van der Waals surface area (Å²) in [7, 11) is -3.61. The molecular formula is C17H16FN3O3S. The first-order valence-corrected chi connectivity index (χ1v) is 9.18. The van der Waals surface area contributed by atoms with Crippen molar-refractivity contribution in [3.8, 4) is 6.07 Å². The topological polar surface area (TPSA) is 90.3 Å². The number of hydrogen-bond acceptors (Lipinski definition) is 4. The average Bonchev–Trinajstić information content (AvgIpc) is 2.56. The second-order valence-corrected chi connectivity index (χ2v) is 7.21. The Morgan fingerprint density at radius 1 is 1.16 bits per heavy atom. The summed E-state index contributed by atoms with van der Waals surface area (Å²) in [4.78, 5) is 12.0. The number of rotatable bonds is 6. The number of nitriles is 1. The van der Waals surface area contributed by atoms with Gasteiger partial charge >= 0.3 is 0 Å². The molecule has 2 aromatic carbocycles. The van der Waals surface area contributed by atoms with Crippen LogP contribution in [0.5, 0.6) is 0 Å². The second-order valence-electron chi connectivity index (χ2n) is 5.30. The molecule has 0 aliphatic heterocycles. The lowest BCUT2D eigenvalue weighted by molar-refractivity contribution is -0.116. The van der Waals surface area contributed by atoms with E-state index in [9.17, 15) is 17.6 Å². The Bertz CT molecular complexity index is 888. The van der Waals surface area contributed by atoms with Gasteiger partial charge < -0.3 is 5.32 Å². The molecule has 130 valence electrons. The van der Waals surface area contributed by atoms with Crippen LogP contribution >= 0.6 is 0 Å². The molecule has 0 atom stereocenters. The van der Waals surface area contributed by atoms with Crippen LogP contribution in [0.4, 0.5) is 15.8 Å². The fraction of sp³-hybridized carbons (Fsp3) is 0.176. The van der Waals surface area contributed by atoms with E-state index in [0.717, 1.165) is 22.7 Å². The van der Waals surface area contributed by atoms with E-state index in [2.05, 4.69) is 5.32 Å². The molecular weight excluding hydrogens is 345 g/mol. The molecule has 0 fully saturated rings. The molecule has 0 unspecified atom stereocenters. The molecule has 2 aromatic rings. The Balaban J connectivity index is 2.03. The number of hydrogen-bond donors (Lipinski definition) is 1. The minimum absolute atomic E-state index is 0.0768. The molecule has 0 bridgehead atoms. The van der Waals surface area contributed by atoms with E-state index >= 15 is 0 Å². The monoisotopic (exact) mass is 361 g/mol. The van der Waals surface area contributed by atoms with Crippen LogP contribution in [0.25, 0.3) is 0 Å². The van der Waals surface area contributed by atoms with Crippen molar-refractivity contribution < 1.29 is 17.6 Å². The first-order chi connectivity index (χ1) is 11.8. The van der Waals surface area contributed by atoms with Crippen molar-refractivity contribution in [2.24, 2.45) is 0 Å². The Hall–Kier alpha value is -2.92. The largest absolute Gasteiger partial charge is 0.326 e. The zero-order valence-corrected chi connectivity index (χ0v) is 14.3. The van der Waals surface area contributed by atoms with Crippen molar-refractivity contribution in [2.75, 3.05) is 22.4 Å². The summed E-state index contributed by atoms with van der Waals surface area (Å²) in [5.74, 6) is -0.851. The highest BCUT2D eigenvalue weighted by Gasteiger charge is 2.18. The number of halogens is 1. The van der Waals surface area contributed by atoms with Gasteiger partial charge in [-0.3, -0.25) is 9.10 Å². The maximum Gasteiger partial charge on any atom is 0.232 e. The smallest absolute Gasteiger partial charge is 0.232 e. The van der Waals surface area contributed by atoms with Crippen molar-refractivity contribution in [1.29, 1.82) is 5.26 Å². The van der Waals surface area contributed by atoms with Crippen molar-refractivity contribution >= 4 is 27.3 Å². The van der Waals surface area contributed by atoms with Gasteiger partial charge in [0, 0.05) is 18.7 Å². The Morgan fingerprint density at radius 3 is 2.28 bits per heavy atom. The maximum absolute atomic E-state index is 13.0. The van der Waals surface area contributed by atoms with E-state index in [4.69, 9.17) is 5.26 Å². The second kappa shape index (κ2) is 7.77. The number of carbonyl (C=O) groups is 1. The normalized spacial score (nSPS) is 10.8. The summed E-state index contributed by atoms with van der Waals surface area (Å²) in [6.07, 6.45) is 0.944. The van der Waals surface area contributed by atoms with Crippen LogP contribution in [0.1, 0.15) is 12.0 Å². The lowest BCUT2D eigenvalue weighted by atomic mass is 10.2. The fourth-order valence-corrected chi connectivity index (χ4v) is 3.08. The molecule has 1 N–H and O–H groups in total. The first kappa shape index (κ1) is 18.4. The van der Waals surface area contributed by atoms with E-state index in [1.54, 1.807) is 24.3 Å². The maximum atomic E-state index is 13.0. The predicted molar refractivity (Wildman–Crippen MR) is 93.0 cm³/mol. The van der Waals surface area contributed by atoms with E-state index in [1.165, 1.54) is 12.1 Å². The third kappa shape index (κ3) is 5.29. The molecule has 0 aromatic heterocycles. The van der Waals surface area contributed by atoms with Gasteiger partial charge in [0.2, 0.25) is 15.9 Å². The highest BCUT2D eigenvalue weighted by molar-refractivity contribution is 7.92. The zero-order valence-electron chi connectivity index (χ0n) is 13.4.